The fraction of sp³-hybridized carbons (Fsp3) is 0.182. The molecule has 0 bridgehead atoms. The summed E-state index contributed by atoms with van der Waals surface area (Å²) in [6, 6.07) is 15.7. The van der Waals surface area contributed by atoms with Gasteiger partial charge in [0, 0.05) is 33.4 Å². The molecular weight excluding hydrogens is 356 g/mol. The van der Waals surface area contributed by atoms with E-state index in [-0.39, 0.29) is 12.4 Å². The first-order valence-electron chi connectivity index (χ1n) is 8.82. The van der Waals surface area contributed by atoms with E-state index in [1.54, 1.807) is 17.5 Å². The van der Waals surface area contributed by atoms with Crippen LogP contribution in [0, 0.1) is 13.8 Å². The summed E-state index contributed by atoms with van der Waals surface area (Å²) in [5.41, 5.74) is 3.55. The lowest BCUT2D eigenvalue weighted by atomic mass is 10.1. The average molecular weight is 376 g/mol. The molecule has 3 heterocycles. The van der Waals surface area contributed by atoms with Crippen molar-refractivity contribution in [3.63, 3.8) is 0 Å². The number of nitrogens with zero attached hydrogens (tertiary/aromatic N) is 2. The standard InChI is InChI=1S/C22H20N2O2S/c1-15-12-19(16(2)24(15)13-18-8-5-11-27-18)20(25)14-26-21-9-3-6-17-7-4-10-23-22(17)21/h3-12H,13-14H2,1-2H3. The molecule has 136 valence electrons. The fourth-order valence-corrected chi connectivity index (χ4v) is 3.99. The number of carbonyl (C=O) groups is 1. The number of aromatic nitrogens is 2. The van der Waals surface area contributed by atoms with Crippen LogP contribution in [0.3, 0.4) is 0 Å². The summed E-state index contributed by atoms with van der Waals surface area (Å²) >= 11 is 1.72. The van der Waals surface area contributed by atoms with Crippen molar-refractivity contribution in [3.8, 4) is 5.75 Å². The highest BCUT2D eigenvalue weighted by atomic mass is 32.1. The molecule has 0 saturated heterocycles. The number of hydrogen-bond acceptors (Lipinski definition) is 4. The molecule has 0 amide bonds. The van der Waals surface area contributed by atoms with E-state index in [1.165, 1.54) is 4.88 Å². The largest absolute Gasteiger partial charge is 0.483 e. The molecule has 5 heteroatoms. The highest BCUT2D eigenvalue weighted by Gasteiger charge is 2.17. The summed E-state index contributed by atoms with van der Waals surface area (Å²) < 4.78 is 8.01. The molecule has 4 rings (SSSR count). The molecule has 0 spiro atoms. The second-order valence-corrected chi connectivity index (χ2v) is 7.53. The number of Topliss-reactive ketones (excluding diaryl/α,β-unsaturated/α-hetero) is 1. The average Bonchev–Trinajstić information content (AvgIpc) is 3.30. The summed E-state index contributed by atoms with van der Waals surface area (Å²) in [5.74, 6) is 0.613. The number of pyridine rings is 1. The number of fused-ring (bicyclic) bond motifs is 1. The van der Waals surface area contributed by atoms with Crippen molar-refractivity contribution < 1.29 is 9.53 Å². The van der Waals surface area contributed by atoms with Crippen molar-refractivity contribution in [1.82, 2.24) is 9.55 Å². The van der Waals surface area contributed by atoms with Crippen LogP contribution in [0.15, 0.2) is 60.1 Å². The quantitative estimate of drug-likeness (QED) is 0.444. The Labute approximate surface area is 162 Å². The summed E-state index contributed by atoms with van der Waals surface area (Å²) in [6.07, 6.45) is 1.73. The van der Waals surface area contributed by atoms with E-state index in [1.807, 2.05) is 56.3 Å². The van der Waals surface area contributed by atoms with Crippen LogP contribution < -0.4 is 4.74 Å². The van der Waals surface area contributed by atoms with Crippen LogP contribution in [0.25, 0.3) is 10.9 Å². The third-order valence-electron chi connectivity index (χ3n) is 4.72. The number of rotatable bonds is 6. The molecular formula is C22H20N2O2S. The van der Waals surface area contributed by atoms with E-state index in [2.05, 4.69) is 21.0 Å². The SMILES string of the molecule is Cc1cc(C(=O)COc2cccc3cccnc23)c(C)n1Cc1cccs1. The molecule has 27 heavy (non-hydrogen) atoms. The predicted octanol–water partition coefficient (Wildman–Crippen LogP) is 5.02. The van der Waals surface area contributed by atoms with E-state index >= 15 is 0 Å². The van der Waals surface area contributed by atoms with Gasteiger partial charge in [-0.15, -0.1) is 11.3 Å². The van der Waals surface area contributed by atoms with E-state index in [9.17, 15) is 4.79 Å². The third-order valence-corrected chi connectivity index (χ3v) is 5.58. The Balaban J connectivity index is 1.53. The van der Waals surface area contributed by atoms with Crippen LogP contribution >= 0.6 is 11.3 Å². The summed E-state index contributed by atoms with van der Waals surface area (Å²) in [5, 5.41) is 3.07. The molecule has 0 N–H and O–H groups in total. The van der Waals surface area contributed by atoms with Crippen LogP contribution in [0.5, 0.6) is 5.75 Å². The minimum Gasteiger partial charge on any atom is -0.483 e. The summed E-state index contributed by atoms with van der Waals surface area (Å²) in [6.45, 7) is 4.82. The van der Waals surface area contributed by atoms with Gasteiger partial charge in [-0.25, -0.2) is 0 Å². The van der Waals surface area contributed by atoms with Crippen LogP contribution in [0.1, 0.15) is 26.6 Å². The molecule has 1 aromatic carbocycles. The smallest absolute Gasteiger partial charge is 0.202 e. The molecule has 0 aliphatic heterocycles. The zero-order chi connectivity index (χ0) is 18.8. The number of para-hydroxylation sites is 1. The molecule has 0 saturated carbocycles. The van der Waals surface area contributed by atoms with Gasteiger partial charge in [0.25, 0.3) is 0 Å². The Kier molecular flexibility index (Phi) is 4.77. The number of aryl methyl sites for hydroxylation is 1. The molecule has 0 fully saturated rings. The van der Waals surface area contributed by atoms with Gasteiger partial charge in [0.15, 0.2) is 6.61 Å². The van der Waals surface area contributed by atoms with Gasteiger partial charge in [-0.05, 0) is 43.5 Å². The van der Waals surface area contributed by atoms with Crippen molar-refractivity contribution in [2.75, 3.05) is 6.61 Å². The van der Waals surface area contributed by atoms with Gasteiger partial charge in [-0.2, -0.15) is 0 Å². The highest BCUT2D eigenvalue weighted by Crippen LogP contribution is 2.24. The second kappa shape index (κ2) is 7.37. The minimum atomic E-state index is -0.0199. The van der Waals surface area contributed by atoms with Crippen LogP contribution in [-0.4, -0.2) is 21.9 Å². The topological polar surface area (TPSA) is 44.1 Å². The molecule has 0 atom stereocenters. The molecule has 0 radical (unpaired) electrons. The predicted molar refractivity (Wildman–Crippen MR) is 109 cm³/mol. The van der Waals surface area contributed by atoms with Crippen LogP contribution in [0.2, 0.25) is 0 Å². The number of benzene rings is 1. The van der Waals surface area contributed by atoms with Gasteiger partial charge in [0.1, 0.15) is 11.3 Å². The first-order chi connectivity index (χ1) is 13.1. The fourth-order valence-electron chi connectivity index (χ4n) is 3.30. The molecule has 0 unspecified atom stereocenters. The van der Waals surface area contributed by atoms with E-state index < -0.39 is 0 Å². The second-order valence-electron chi connectivity index (χ2n) is 6.49. The highest BCUT2D eigenvalue weighted by molar-refractivity contribution is 7.09. The van der Waals surface area contributed by atoms with E-state index in [4.69, 9.17) is 4.74 Å². The first-order valence-corrected chi connectivity index (χ1v) is 9.70. The van der Waals surface area contributed by atoms with Gasteiger partial charge in [0.2, 0.25) is 5.78 Å². The Morgan fingerprint density at radius 3 is 2.81 bits per heavy atom. The Hall–Kier alpha value is -2.92. The lowest BCUT2D eigenvalue weighted by Gasteiger charge is -2.09. The number of ketones is 1. The molecule has 4 aromatic rings. The third kappa shape index (κ3) is 3.51. The zero-order valence-electron chi connectivity index (χ0n) is 15.3. The van der Waals surface area contributed by atoms with Gasteiger partial charge in [-0.3, -0.25) is 9.78 Å². The van der Waals surface area contributed by atoms with Crippen molar-refractivity contribution in [2.24, 2.45) is 0 Å². The zero-order valence-corrected chi connectivity index (χ0v) is 16.1. The summed E-state index contributed by atoms with van der Waals surface area (Å²) in [4.78, 5) is 18.4. The van der Waals surface area contributed by atoms with Crippen molar-refractivity contribution in [1.29, 1.82) is 0 Å². The lowest BCUT2D eigenvalue weighted by molar-refractivity contribution is 0.0922. The summed E-state index contributed by atoms with van der Waals surface area (Å²) in [7, 11) is 0. The minimum absolute atomic E-state index is 0.00101. The number of hydrogen-bond donors (Lipinski definition) is 0. The Bertz CT molecular complexity index is 1090. The normalized spacial score (nSPS) is 11.0. The van der Waals surface area contributed by atoms with E-state index in [0.29, 0.717) is 5.75 Å². The van der Waals surface area contributed by atoms with Crippen molar-refractivity contribution >= 4 is 28.0 Å². The maximum atomic E-state index is 12.8. The molecule has 4 nitrogen and oxygen atoms in total. The van der Waals surface area contributed by atoms with Gasteiger partial charge in [0.05, 0.1) is 6.54 Å². The first kappa shape index (κ1) is 17.5. The number of ether oxygens (including phenoxy) is 1. The maximum absolute atomic E-state index is 12.8. The molecule has 0 aliphatic carbocycles. The lowest BCUT2D eigenvalue weighted by Crippen LogP contribution is -2.13. The van der Waals surface area contributed by atoms with Gasteiger partial charge >= 0.3 is 0 Å². The number of carbonyl (C=O) groups excluding carboxylic acids is 1. The number of thiophene rings is 1. The molecule has 0 aliphatic rings. The monoisotopic (exact) mass is 376 g/mol. The van der Waals surface area contributed by atoms with Gasteiger partial charge < -0.3 is 9.30 Å². The van der Waals surface area contributed by atoms with Crippen LogP contribution in [0.4, 0.5) is 0 Å². The van der Waals surface area contributed by atoms with Crippen molar-refractivity contribution in [2.45, 2.75) is 20.4 Å². The van der Waals surface area contributed by atoms with E-state index in [0.717, 1.165) is 34.4 Å². The van der Waals surface area contributed by atoms with Gasteiger partial charge in [-0.1, -0.05) is 24.3 Å². The Morgan fingerprint density at radius 2 is 2.00 bits per heavy atom. The Morgan fingerprint density at radius 1 is 1.15 bits per heavy atom. The van der Waals surface area contributed by atoms with Crippen LogP contribution in [-0.2, 0) is 6.54 Å². The van der Waals surface area contributed by atoms with Crippen molar-refractivity contribution in [3.05, 3.63) is 81.9 Å². The maximum Gasteiger partial charge on any atom is 0.202 e. The molecule has 3 aromatic heterocycles.